The van der Waals surface area contributed by atoms with Crippen LogP contribution in [0.25, 0.3) is 17.5 Å². The van der Waals surface area contributed by atoms with E-state index in [4.69, 9.17) is 23.2 Å². The summed E-state index contributed by atoms with van der Waals surface area (Å²) >= 11 is 12.4. The standard InChI is InChI=1S/C13H10Cl2N2.Pt/c1-3-9-11(14)8(2)17-13(12(9)15)10-6-4-5-7-16-10;/h3-7H,1H2,2H3;. The first-order valence-electron chi connectivity index (χ1n) is 5.04. The van der Waals surface area contributed by atoms with E-state index in [1.807, 2.05) is 25.1 Å². The molecule has 0 aromatic carbocycles. The third kappa shape index (κ3) is 2.82. The topological polar surface area (TPSA) is 25.8 Å². The Balaban J connectivity index is 0.00000162. The summed E-state index contributed by atoms with van der Waals surface area (Å²) in [6, 6.07) is 5.58. The summed E-state index contributed by atoms with van der Waals surface area (Å²) in [7, 11) is 0. The molecule has 2 heterocycles. The van der Waals surface area contributed by atoms with Gasteiger partial charge >= 0.3 is 0 Å². The fourth-order valence-electron chi connectivity index (χ4n) is 1.54. The zero-order chi connectivity index (χ0) is 12.4. The molecule has 0 amide bonds. The van der Waals surface area contributed by atoms with Crippen molar-refractivity contribution in [2.24, 2.45) is 0 Å². The zero-order valence-electron chi connectivity index (χ0n) is 9.56. The van der Waals surface area contributed by atoms with Crippen LogP contribution in [0.3, 0.4) is 0 Å². The van der Waals surface area contributed by atoms with Crippen LogP contribution in [0.1, 0.15) is 11.3 Å². The summed E-state index contributed by atoms with van der Waals surface area (Å²) in [5.74, 6) is 0. The van der Waals surface area contributed by atoms with E-state index in [0.29, 0.717) is 27.0 Å². The SMILES string of the molecule is C=Cc1c(Cl)c(C)nc(-c2ccccn2)c1Cl.[Pt]. The molecule has 0 saturated heterocycles. The predicted octanol–water partition coefficient (Wildman–Crippen LogP) is 4.40. The normalized spacial score (nSPS) is 9.72. The number of rotatable bonds is 2. The molecular formula is C13H10Cl2N2Pt. The van der Waals surface area contributed by atoms with E-state index in [0.717, 1.165) is 5.69 Å². The van der Waals surface area contributed by atoms with E-state index in [9.17, 15) is 0 Å². The smallest absolute Gasteiger partial charge is 0.108 e. The van der Waals surface area contributed by atoms with Crippen LogP contribution in [0, 0.1) is 6.92 Å². The van der Waals surface area contributed by atoms with Crippen molar-refractivity contribution in [3.63, 3.8) is 0 Å². The number of hydrogen-bond donors (Lipinski definition) is 0. The van der Waals surface area contributed by atoms with Gasteiger partial charge in [0.15, 0.2) is 0 Å². The molecule has 0 N–H and O–H groups in total. The molecule has 2 rings (SSSR count). The van der Waals surface area contributed by atoms with Gasteiger partial charge < -0.3 is 0 Å². The van der Waals surface area contributed by atoms with Crippen LogP contribution in [-0.2, 0) is 21.1 Å². The maximum atomic E-state index is 6.26. The number of pyridine rings is 2. The Kier molecular flexibility index (Phi) is 5.52. The molecule has 0 spiro atoms. The molecule has 0 aliphatic carbocycles. The van der Waals surface area contributed by atoms with Crippen molar-refractivity contribution in [2.75, 3.05) is 0 Å². The monoisotopic (exact) mass is 459 g/mol. The average Bonchev–Trinajstić information content (AvgIpc) is 2.36. The summed E-state index contributed by atoms with van der Waals surface area (Å²) in [5.41, 5.74) is 2.76. The average molecular weight is 460 g/mol. The largest absolute Gasteiger partial charge is 0.255 e. The van der Waals surface area contributed by atoms with Crippen molar-refractivity contribution in [3.8, 4) is 11.4 Å². The Labute approximate surface area is 130 Å². The number of aromatic nitrogens is 2. The molecule has 0 atom stereocenters. The fourth-order valence-corrected chi connectivity index (χ4v) is 2.11. The Morgan fingerprint density at radius 3 is 2.50 bits per heavy atom. The molecule has 2 nitrogen and oxygen atoms in total. The maximum absolute atomic E-state index is 6.26. The van der Waals surface area contributed by atoms with Gasteiger partial charge in [-0.05, 0) is 19.1 Å². The molecule has 0 bridgehead atoms. The summed E-state index contributed by atoms with van der Waals surface area (Å²) < 4.78 is 0. The zero-order valence-corrected chi connectivity index (χ0v) is 13.3. The van der Waals surface area contributed by atoms with Gasteiger partial charge in [0.1, 0.15) is 5.69 Å². The molecule has 2 aromatic heterocycles. The van der Waals surface area contributed by atoms with Gasteiger partial charge in [0.05, 0.1) is 21.4 Å². The van der Waals surface area contributed by atoms with Gasteiger partial charge in [-0.1, -0.05) is 41.9 Å². The van der Waals surface area contributed by atoms with Crippen LogP contribution in [0.15, 0.2) is 31.0 Å². The minimum Gasteiger partial charge on any atom is -0.255 e. The van der Waals surface area contributed by atoms with Crippen molar-refractivity contribution < 1.29 is 21.1 Å². The number of halogens is 2. The Bertz CT molecular complexity index is 571. The van der Waals surface area contributed by atoms with Crippen LogP contribution in [0.2, 0.25) is 10.0 Å². The second-order valence-corrected chi connectivity index (χ2v) is 4.26. The maximum Gasteiger partial charge on any atom is 0.108 e. The number of aryl methyl sites for hydroxylation is 1. The van der Waals surface area contributed by atoms with Crippen molar-refractivity contribution in [1.82, 2.24) is 9.97 Å². The van der Waals surface area contributed by atoms with Gasteiger partial charge in [0.2, 0.25) is 0 Å². The first-order chi connectivity index (χ1) is 8.15. The quantitative estimate of drug-likeness (QED) is 0.665. The first-order valence-corrected chi connectivity index (χ1v) is 5.80. The van der Waals surface area contributed by atoms with Crippen molar-refractivity contribution >= 4 is 29.3 Å². The van der Waals surface area contributed by atoms with Gasteiger partial charge in [0.25, 0.3) is 0 Å². The summed E-state index contributed by atoms with van der Waals surface area (Å²) in [5, 5.41) is 1.01. The molecule has 0 unspecified atom stereocenters. The van der Waals surface area contributed by atoms with Crippen molar-refractivity contribution in [1.29, 1.82) is 0 Å². The number of nitrogens with zero attached hydrogens (tertiary/aromatic N) is 2. The Morgan fingerprint density at radius 2 is 1.94 bits per heavy atom. The first kappa shape index (κ1) is 15.4. The van der Waals surface area contributed by atoms with E-state index >= 15 is 0 Å². The van der Waals surface area contributed by atoms with Crippen LogP contribution in [0.4, 0.5) is 0 Å². The molecule has 0 saturated carbocycles. The second-order valence-electron chi connectivity index (χ2n) is 3.51. The van der Waals surface area contributed by atoms with Gasteiger partial charge in [-0.15, -0.1) is 0 Å². The third-order valence-corrected chi connectivity index (χ3v) is 3.25. The van der Waals surface area contributed by atoms with Crippen LogP contribution >= 0.6 is 23.2 Å². The van der Waals surface area contributed by atoms with Gasteiger partial charge in [-0.25, -0.2) is 4.98 Å². The summed E-state index contributed by atoms with van der Waals surface area (Å²) in [6.07, 6.45) is 3.33. The van der Waals surface area contributed by atoms with Gasteiger partial charge in [-0.3, -0.25) is 4.98 Å². The molecule has 0 radical (unpaired) electrons. The molecule has 2 aromatic rings. The second kappa shape index (κ2) is 6.47. The van der Waals surface area contributed by atoms with Crippen molar-refractivity contribution in [2.45, 2.75) is 6.92 Å². The Hall–Kier alpha value is -0.692. The van der Waals surface area contributed by atoms with Crippen LogP contribution < -0.4 is 0 Å². The van der Waals surface area contributed by atoms with Crippen LogP contribution in [-0.4, -0.2) is 9.97 Å². The van der Waals surface area contributed by atoms with E-state index in [1.165, 1.54) is 0 Å². The fraction of sp³-hybridized carbons (Fsp3) is 0.0769. The van der Waals surface area contributed by atoms with E-state index in [-0.39, 0.29) is 21.1 Å². The molecule has 5 heteroatoms. The predicted molar refractivity (Wildman–Crippen MR) is 72.3 cm³/mol. The van der Waals surface area contributed by atoms with Crippen LogP contribution in [0.5, 0.6) is 0 Å². The molecule has 0 aliphatic rings. The molecule has 0 aliphatic heterocycles. The third-order valence-electron chi connectivity index (χ3n) is 2.39. The van der Waals surface area contributed by atoms with E-state index < -0.39 is 0 Å². The molecule has 96 valence electrons. The minimum absolute atomic E-state index is 0. The van der Waals surface area contributed by atoms with Gasteiger partial charge in [-0.2, -0.15) is 0 Å². The number of hydrogen-bond acceptors (Lipinski definition) is 2. The minimum atomic E-state index is 0. The van der Waals surface area contributed by atoms with Gasteiger partial charge in [0, 0.05) is 32.8 Å². The molecule has 18 heavy (non-hydrogen) atoms. The summed E-state index contributed by atoms with van der Waals surface area (Å²) in [6.45, 7) is 5.54. The van der Waals surface area contributed by atoms with Crippen molar-refractivity contribution in [3.05, 3.63) is 52.3 Å². The van der Waals surface area contributed by atoms with E-state index in [2.05, 4.69) is 16.5 Å². The van der Waals surface area contributed by atoms with E-state index in [1.54, 1.807) is 12.3 Å². The molecular weight excluding hydrogens is 450 g/mol. The summed E-state index contributed by atoms with van der Waals surface area (Å²) in [4.78, 5) is 8.61. The Morgan fingerprint density at radius 1 is 1.22 bits per heavy atom. The molecule has 0 fully saturated rings.